The Morgan fingerprint density at radius 1 is 1.78 bits per heavy atom. The highest BCUT2D eigenvalue weighted by Crippen LogP contribution is 2.06. The molecule has 0 aliphatic rings. The summed E-state index contributed by atoms with van der Waals surface area (Å²) in [6, 6.07) is 2.52. The van der Waals surface area contributed by atoms with Crippen LogP contribution >= 0.6 is 0 Å². The lowest BCUT2D eigenvalue weighted by atomic mass is 10.5. The van der Waals surface area contributed by atoms with Crippen LogP contribution in [-0.4, -0.2) is 9.78 Å². The van der Waals surface area contributed by atoms with Gasteiger partial charge in [0.1, 0.15) is 0 Å². The number of rotatable bonds is 1. The Balaban J connectivity index is 2.85. The zero-order chi connectivity index (χ0) is 6.85. The predicted molar refractivity (Wildman–Crippen MR) is 27.1 cm³/mol. The fraction of sp³-hybridized carbons (Fsp3) is 0.400. The van der Waals surface area contributed by atoms with E-state index in [9.17, 15) is 8.78 Å². The number of halogens is 2. The van der Waals surface area contributed by atoms with Crippen molar-refractivity contribution in [2.75, 3.05) is 0 Å². The number of alkyl halides is 2. The summed E-state index contributed by atoms with van der Waals surface area (Å²) in [5.74, 6) is 0. The average Bonchev–Trinajstić information content (AvgIpc) is 2.14. The molecule has 1 aromatic rings. The summed E-state index contributed by atoms with van der Waals surface area (Å²) in [6.45, 7) is -0.936. The van der Waals surface area contributed by atoms with E-state index in [4.69, 9.17) is 0 Å². The molecule has 0 saturated carbocycles. The highest BCUT2D eigenvalue weighted by Gasteiger charge is 2.04. The topological polar surface area (TPSA) is 17.8 Å². The smallest absolute Gasteiger partial charge is 0.211 e. The maximum absolute atomic E-state index is 11.7. The zero-order valence-corrected chi connectivity index (χ0v) is 4.81. The van der Waals surface area contributed by atoms with Gasteiger partial charge in [-0.15, -0.1) is 0 Å². The van der Waals surface area contributed by atoms with Crippen molar-refractivity contribution in [1.29, 1.82) is 0 Å². The normalized spacial score (nSPS) is 10.7. The van der Waals surface area contributed by atoms with Crippen LogP contribution < -0.4 is 0 Å². The van der Waals surface area contributed by atoms with Gasteiger partial charge in [-0.25, -0.2) is 4.68 Å². The van der Waals surface area contributed by atoms with Crippen LogP contribution in [0.15, 0.2) is 6.20 Å². The van der Waals surface area contributed by atoms with Crippen LogP contribution in [-0.2, 0) is 0 Å². The van der Waals surface area contributed by atoms with Crippen molar-refractivity contribution in [3.8, 4) is 0 Å². The van der Waals surface area contributed by atoms with Crippen LogP contribution in [0, 0.1) is 13.0 Å². The van der Waals surface area contributed by atoms with Crippen molar-refractivity contribution in [1.82, 2.24) is 9.78 Å². The van der Waals surface area contributed by atoms with Gasteiger partial charge in [0.05, 0.1) is 5.69 Å². The second kappa shape index (κ2) is 2.13. The first kappa shape index (κ1) is 6.19. The molecule has 9 heavy (non-hydrogen) atoms. The molecule has 0 spiro atoms. The monoisotopic (exact) mass is 131 g/mol. The van der Waals surface area contributed by atoms with Crippen molar-refractivity contribution in [3.05, 3.63) is 18.0 Å². The molecule has 2 nitrogen and oxygen atoms in total. The van der Waals surface area contributed by atoms with E-state index in [-0.39, 0.29) is 0 Å². The molecule has 49 valence electrons. The molecule has 1 radical (unpaired) electrons. The number of aromatic nitrogens is 2. The van der Waals surface area contributed by atoms with Crippen LogP contribution in [0.3, 0.4) is 0 Å². The van der Waals surface area contributed by atoms with Crippen LogP contribution in [0.2, 0.25) is 0 Å². The van der Waals surface area contributed by atoms with E-state index in [0.717, 1.165) is 6.20 Å². The fourth-order valence-electron chi connectivity index (χ4n) is 0.490. The van der Waals surface area contributed by atoms with E-state index in [1.807, 2.05) is 0 Å². The molecule has 0 N–H and O–H groups in total. The fourth-order valence-corrected chi connectivity index (χ4v) is 0.490. The maximum Gasteiger partial charge on any atom is 0.333 e. The van der Waals surface area contributed by atoms with E-state index in [1.165, 1.54) is 0 Å². The molecular formula is C5H5F2N2. The number of aryl methyl sites for hydroxylation is 1. The summed E-state index contributed by atoms with van der Waals surface area (Å²) in [7, 11) is 0. The molecule has 4 heteroatoms. The summed E-state index contributed by atoms with van der Waals surface area (Å²) in [5, 5.41) is 3.42. The largest absolute Gasteiger partial charge is 0.333 e. The van der Waals surface area contributed by atoms with Crippen LogP contribution in [0.5, 0.6) is 0 Å². The molecule has 0 fully saturated rings. The first-order valence-corrected chi connectivity index (χ1v) is 2.42. The van der Waals surface area contributed by atoms with E-state index in [0.29, 0.717) is 10.4 Å². The van der Waals surface area contributed by atoms with Gasteiger partial charge in [-0.05, 0) is 6.92 Å². The highest BCUT2D eigenvalue weighted by molar-refractivity contribution is 4.91. The predicted octanol–water partition coefficient (Wildman–Crippen LogP) is 1.39. The third-order valence-corrected chi connectivity index (χ3v) is 0.871. The van der Waals surface area contributed by atoms with Gasteiger partial charge >= 0.3 is 6.55 Å². The molecule has 0 aliphatic heterocycles. The Labute approximate surface area is 51.1 Å². The molecule has 0 aromatic carbocycles. The summed E-state index contributed by atoms with van der Waals surface area (Å²) in [6.07, 6.45) is 1.12. The Bertz CT molecular complexity index is 195. The van der Waals surface area contributed by atoms with Gasteiger partial charge in [0, 0.05) is 12.3 Å². The van der Waals surface area contributed by atoms with Gasteiger partial charge in [0.25, 0.3) is 0 Å². The lowest BCUT2D eigenvalue weighted by molar-refractivity contribution is 0.0563. The van der Waals surface area contributed by atoms with Crippen LogP contribution in [0.25, 0.3) is 0 Å². The summed E-state index contributed by atoms with van der Waals surface area (Å²) >= 11 is 0. The first-order valence-electron chi connectivity index (χ1n) is 2.42. The van der Waals surface area contributed by atoms with Gasteiger partial charge in [-0.3, -0.25) is 0 Å². The van der Waals surface area contributed by atoms with Crippen LogP contribution in [0.1, 0.15) is 12.2 Å². The molecule has 0 atom stereocenters. The molecule has 0 bridgehead atoms. The SMILES string of the molecule is Cc1[c]cn(C(F)F)n1. The number of hydrogen-bond donors (Lipinski definition) is 0. The highest BCUT2D eigenvalue weighted by atomic mass is 19.3. The Kier molecular flexibility index (Phi) is 1.46. The van der Waals surface area contributed by atoms with E-state index >= 15 is 0 Å². The molecule has 0 amide bonds. The number of hydrogen-bond acceptors (Lipinski definition) is 1. The zero-order valence-electron chi connectivity index (χ0n) is 4.81. The maximum atomic E-state index is 11.7. The van der Waals surface area contributed by atoms with Crippen molar-refractivity contribution < 1.29 is 8.78 Å². The Morgan fingerprint density at radius 2 is 2.44 bits per heavy atom. The molecular weight excluding hydrogens is 126 g/mol. The van der Waals surface area contributed by atoms with Crippen molar-refractivity contribution >= 4 is 0 Å². The van der Waals surface area contributed by atoms with Crippen molar-refractivity contribution in [2.24, 2.45) is 0 Å². The third kappa shape index (κ3) is 1.25. The molecule has 0 unspecified atom stereocenters. The van der Waals surface area contributed by atoms with E-state index < -0.39 is 6.55 Å². The van der Waals surface area contributed by atoms with E-state index in [1.54, 1.807) is 6.92 Å². The standard InChI is InChI=1S/C5H5F2N2/c1-4-2-3-9(8-4)5(6)7/h3,5H,1H3. The molecule has 1 aromatic heterocycles. The lowest BCUT2D eigenvalue weighted by Crippen LogP contribution is -1.97. The molecule has 1 heterocycles. The second-order valence-corrected chi connectivity index (χ2v) is 1.62. The quantitative estimate of drug-likeness (QED) is 0.563. The van der Waals surface area contributed by atoms with Gasteiger partial charge in [-0.1, -0.05) is 0 Å². The minimum absolute atomic E-state index is 0.482. The summed E-state index contributed by atoms with van der Waals surface area (Å²) < 4.78 is 23.9. The number of nitrogens with zero attached hydrogens (tertiary/aromatic N) is 2. The summed E-state index contributed by atoms with van der Waals surface area (Å²) in [4.78, 5) is 0. The first-order chi connectivity index (χ1) is 4.20. The Hall–Kier alpha value is -0.930. The van der Waals surface area contributed by atoms with Crippen LogP contribution in [0.4, 0.5) is 8.78 Å². The van der Waals surface area contributed by atoms with Crippen molar-refractivity contribution in [3.63, 3.8) is 0 Å². The Morgan fingerprint density at radius 3 is 2.67 bits per heavy atom. The second-order valence-electron chi connectivity index (χ2n) is 1.62. The van der Waals surface area contributed by atoms with Gasteiger partial charge in [-0.2, -0.15) is 13.9 Å². The van der Waals surface area contributed by atoms with Gasteiger partial charge < -0.3 is 0 Å². The molecule has 0 saturated heterocycles. The molecule has 0 aliphatic carbocycles. The van der Waals surface area contributed by atoms with E-state index in [2.05, 4.69) is 11.2 Å². The minimum atomic E-state index is -2.55. The van der Waals surface area contributed by atoms with Crippen molar-refractivity contribution in [2.45, 2.75) is 13.5 Å². The third-order valence-electron chi connectivity index (χ3n) is 0.871. The lowest BCUT2D eigenvalue weighted by Gasteiger charge is -1.94. The van der Waals surface area contributed by atoms with Gasteiger partial charge in [0.15, 0.2) is 0 Å². The van der Waals surface area contributed by atoms with Gasteiger partial charge in [0.2, 0.25) is 0 Å². The minimum Gasteiger partial charge on any atom is -0.211 e. The average molecular weight is 131 g/mol. The summed E-state index contributed by atoms with van der Waals surface area (Å²) in [5.41, 5.74) is 0.482. The molecule has 1 rings (SSSR count).